The number of aryl methyl sites for hydroxylation is 2. The number of rotatable bonds is 5. The van der Waals surface area contributed by atoms with Crippen LogP contribution in [0.1, 0.15) is 22.6 Å². The molecule has 0 saturated heterocycles. The van der Waals surface area contributed by atoms with Crippen molar-refractivity contribution in [3.05, 3.63) is 95.4 Å². The molecule has 0 atom stereocenters. The van der Waals surface area contributed by atoms with E-state index in [1.807, 2.05) is 62.4 Å². The predicted octanol–water partition coefficient (Wildman–Crippen LogP) is 4.86. The molecule has 2 N–H and O–H groups in total. The zero-order valence-electron chi connectivity index (χ0n) is 16.8. The van der Waals surface area contributed by atoms with Crippen LogP contribution >= 0.6 is 0 Å². The Bertz CT molecular complexity index is 1310. The van der Waals surface area contributed by atoms with Gasteiger partial charge in [-0.05, 0) is 48.7 Å². The van der Waals surface area contributed by atoms with Gasteiger partial charge in [-0.1, -0.05) is 54.6 Å². The topological polar surface area (TPSA) is 86.2 Å². The summed E-state index contributed by atoms with van der Waals surface area (Å²) in [6.45, 7) is 4.07. The van der Waals surface area contributed by atoms with E-state index in [1.54, 1.807) is 18.2 Å². The van der Waals surface area contributed by atoms with Gasteiger partial charge in [0.2, 0.25) is 10.0 Å². The first-order chi connectivity index (χ1) is 14.3. The van der Waals surface area contributed by atoms with E-state index in [4.69, 9.17) is 14.5 Å². The Morgan fingerprint density at radius 3 is 2.30 bits per heavy atom. The van der Waals surface area contributed by atoms with Crippen molar-refractivity contribution >= 4 is 10.0 Å². The van der Waals surface area contributed by atoms with Gasteiger partial charge in [-0.15, -0.1) is 0 Å². The fourth-order valence-electron chi connectivity index (χ4n) is 3.38. The van der Waals surface area contributed by atoms with E-state index in [0.29, 0.717) is 29.3 Å². The molecule has 4 rings (SSSR count). The van der Waals surface area contributed by atoms with Crippen LogP contribution in [0.5, 0.6) is 0 Å². The van der Waals surface area contributed by atoms with Gasteiger partial charge in [0.05, 0.1) is 4.90 Å². The van der Waals surface area contributed by atoms with Crippen molar-refractivity contribution in [2.45, 2.75) is 25.2 Å². The van der Waals surface area contributed by atoms with Crippen molar-refractivity contribution in [3.8, 4) is 22.6 Å². The average molecular weight is 419 g/mol. The van der Waals surface area contributed by atoms with Crippen molar-refractivity contribution in [2.75, 3.05) is 0 Å². The molecule has 4 aromatic rings. The zero-order chi connectivity index (χ0) is 21.3. The SMILES string of the molecule is Cc1ccc(-c2nc(Cc3ccccc3)oc2-c2ccccc2S(N)(=O)=O)cc1C. The Morgan fingerprint density at radius 2 is 1.60 bits per heavy atom. The Kier molecular flexibility index (Phi) is 5.28. The number of primary sulfonamides is 1. The van der Waals surface area contributed by atoms with E-state index in [2.05, 4.69) is 0 Å². The quantitative estimate of drug-likeness (QED) is 0.501. The third kappa shape index (κ3) is 4.06. The minimum absolute atomic E-state index is 0.0116. The lowest BCUT2D eigenvalue weighted by atomic mass is 10.0. The zero-order valence-corrected chi connectivity index (χ0v) is 17.6. The van der Waals surface area contributed by atoms with Crippen LogP contribution in [0.3, 0.4) is 0 Å². The van der Waals surface area contributed by atoms with Crippen molar-refractivity contribution in [2.24, 2.45) is 5.14 Å². The van der Waals surface area contributed by atoms with E-state index in [9.17, 15) is 8.42 Å². The van der Waals surface area contributed by atoms with Crippen LogP contribution in [0.2, 0.25) is 0 Å². The lowest BCUT2D eigenvalue weighted by Crippen LogP contribution is -2.13. The van der Waals surface area contributed by atoms with Crippen LogP contribution in [0.15, 0.2) is 82.1 Å². The highest BCUT2D eigenvalue weighted by atomic mass is 32.2. The van der Waals surface area contributed by atoms with Crippen LogP contribution in [-0.4, -0.2) is 13.4 Å². The second kappa shape index (κ2) is 7.89. The van der Waals surface area contributed by atoms with Gasteiger partial charge in [0.15, 0.2) is 11.7 Å². The lowest BCUT2D eigenvalue weighted by molar-refractivity contribution is 0.518. The summed E-state index contributed by atoms with van der Waals surface area (Å²) in [6, 6.07) is 22.4. The molecular weight excluding hydrogens is 396 g/mol. The molecule has 5 nitrogen and oxygen atoms in total. The molecule has 1 heterocycles. The largest absolute Gasteiger partial charge is 0.440 e. The summed E-state index contributed by atoms with van der Waals surface area (Å²) in [5.74, 6) is 0.905. The second-order valence-corrected chi connectivity index (χ2v) is 8.82. The number of hydrogen-bond donors (Lipinski definition) is 1. The van der Waals surface area contributed by atoms with E-state index in [1.165, 1.54) is 11.6 Å². The van der Waals surface area contributed by atoms with Gasteiger partial charge in [0, 0.05) is 17.5 Å². The summed E-state index contributed by atoms with van der Waals surface area (Å²) in [5, 5.41) is 5.47. The molecule has 0 aliphatic heterocycles. The molecule has 0 spiro atoms. The van der Waals surface area contributed by atoms with Crippen LogP contribution in [0.25, 0.3) is 22.6 Å². The summed E-state index contributed by atoms with van der Waals surface area (Å²) in [7, 11) is -3.93. The molecule has 0 amide bonds. The number of benzene rings is 3. The molecule has 0 bridgehead atoms. The van der Waals surface area contributed by atoms with Crippen LogP contribution in [0.4, 0.5) is 0 Å². The summed E-state index contributed by atoms with van der Waals surface area (Å²) < 4.78 is 30.5. The molecule has 0 unspecified atom stereocenters. The highest BCUT2D eigenvalue weighted by Gasteiger charge is 2.23. The molecule has 0 radical (unpaired) electrons. The Labute approximate surface area is 176 Å². The van der Waals surface area contributed by atoms with Crippen LogP contribution in [0, 0.1) is 13.8 Å². The second-order valence-electron chi connectivity index (χ2n) is 7.29. The van der Waals surface area contributed by atoms with Gasteiger partial charge in [0.1, 0.15) is 5.69 Å². The van der Waals surface area contributed by atoms with Gasteiger partial charge in [0.25, 0.3) is 0 Å². The predicted molar refractivity (Wildman–Crippen MR) is 117 cm³/mol. The minimum Gasteiger partial charge on any atom is -0.440 e. The van der Waals surface area contributed by atoms with Crippen molar-refractivity contribution in [3.63, 3.8) is 0 Å². The summed E-state index contributed by atoms with van der Waals surface area (Å²) in [4.78, 5) is 4.76. The number of aromatic nitrogens is 1. The van der Waals surface area contributed by atoms with E-state index >= 15 is 0 Å². The van der Waals surface area contributed by atoms with E-state index < -0.39 is 10.0 Å². The first-order valence-corrected chi connectivity index (χ1v) is 11.1. The van der Waals surface area contributed by atoms with Crippen molar-refractivity contribution in [1.29, 1.82) is 0 Å². The van der Waals surface area contributed by atoms with Crippen LogP contribution < -0.4 is 5.14 Å². The molecular formula is C24H22N2O3S. The standard InChI is InChI=1S/C24H22N2O3S/c1-16-12-13-19(14-17(16)2)23-24(20-10-6-7-11-21(20)30(25,27)28)29-22(26-23)15-18-8-4-3-5-9-18/h3-14H,15H2,1-2H3,(H2,25,27,28). The molecule has 6 heteroatoms. The fraction of sp³-hybridized carbons (Fsp3) is 0.125. The number of nitrogens with zero attached hydrogens (tertiary/aromatic N) is 1. The Balaban J connectivity index is 1.92. The molecule has 152 valence electrons. The van der Waals surface area contributed by atoms with Crippen molar-refractivity contribution < 1.29 is 12.8 Å². The molecule has 1 aromatic heterocycles. The van der Waals surface area contributed by atoms with Gasteiger partial charge in [-0.25, -0.2) is 18.5 Å². The molecule has 0 aliphatic rings. The smallest absolute Gasteiger partial charge is 0.238 e. The molecule has 0 saturated carbocycles. The third-order valence-electron chi connectivity index (χ3n) is 5.09. The Morgan fingerprint density at radius 1 is 0.900 bits per heavy atom. The number of hydrogen-bond acceptors (Lipinski definition) is 4. The summed E-state index contributed by atoms with van der Waals surface area (Å²) in [6.07, 6.45) is 0.496. The molecule has 3 aromatic carbocycles. The molecule has 0 fully saturated rings. The maximum atomic E-state index is 12.2. The van der Waals surface area contributed by atoms with Crippen molar-refractivity contribution in [1.82, 2.24) is 4.98 Å². The summed E-state index contributed by atoms with van der Waals surface area (Å²) in [5.41, 5.74) is 5.20. The maximum Gasteiger partial charge on any atom is 0.238 e. The Hall–Kier alpha value is -3.22. The maximum absolute atomic E-state index is 12.2. The highest BCUT2D eigenvalue weighted by Crippen LogP contribution is 2.37. The molecule has 30 heavy (non-hydrogen) atoms. The summed E-state index contributed by atoms with van der Waals surface area (Å²) >= 11 is 0. The highest BCUT2D eigenvalue weighted by molar-refractivity contribution is 7.89. The van der Waals surface area contributed by atoms with Gasteiger partial charge in [-0.3, -0.25) is 0 Å². The number of oxazole rings is 1. The van der Waals surface area contributed by atoms with Gasteiger partial charge < -0.3 is 4.42 Å². The first kappa shape index (κ1) is 20.1. The van der Waals surface area contributed by atoms with Crippen LogP contribution in [-0.2, 0) is 16.4 Å². The minimum atomic E-state index is -3.93. The van der Waals surface area contributed by atoms with E-state index in [0.717, 1.165) is 16.7 Å². The third-order valence-corrected chi connectivity index (χ3v) is 6.06. The first-order valence-electron chi connectivity index (χ1n) is 9.56. The van der Waals surface area contributed by atoms with Gasteiger partial charge >= 0.3 is 0 Å². The number of nitrogens with two attached hydrogens (primary N) is 1. The number of sulfonamides is 1. The fourth-order valence-corrected chi connectivity index (χ4v) is 4.12. The normalized spacial score (nSPS) is 11.6. The molecule has 0 aliphatic carbocycles. The van der Waals surface area contributed by atoms with Gasteiger partial charge in [-0.2, -0.15) is 0 Å². The average Bonchev–Trinajstić information content (AvgIpc) is 3.14. The monoisotopic (exact) mass is 418 g/mol. The van der Waals surface area contributed by atoms with E-state index in [-0.39, 0.29) is 4.90 Å². The lowest BCUT2D eigenvalue weighted by Gasteiger charge is -2.08.